The van der Waals surface area contributed by atoms with Crippen molar-refractivity contribution in [2.45, 2.75) is 51.7 Å². The molecule has 3 aromatic heterocycles. The molecule has 0 spiro atoms. The van der Waals surface area contributed by atoms with Gasteiger partial charge in [0.2, 0.25) is 5.91 Å². The van der Waals surface area contributed by atoms with E-state index in [-0.39, 0.29) is 18.0 Å². The molecule has 1 fully saturated rings. The van der Waals surface area contributed by atoms with Crippen LogP contribution >= 0.6 is 11.3 Å². The van der Waals surface area contributed by atoms with Crippen molar-refractivity contribution < 1.29 is 19.2 Å². The lowest BCUT2D eigenvalue weighted by molar-refractivity contribution is -0.135. The normalized spacial score (nSPS) is 16.1. The summed E-state index contributed by atoms with van der Waals surface area (Å²) in [6, 6.07) is 1.67. The van der Waals surface area contributed by atoms with Gasteiger partial charge in [-0.1, -0.05) is 0 Å². The molecule has 1 amide bonds. The van der Waals surface area contributed by atoms with Crippen LogP contribution in [0.4, 0.5) is 0 Å². The number of amides is 1. The highest BCUT2D eigenvalue weighted by Crippen LogP contribution is 2.27. The minimum Gasteiger partial charge on any atom is -0.479 e. The fourth-order valence-electron chi connectivity index (χ4n) is 3.93. The molecule has 0 aliphatic carbocycles. The summed E-state index contributed by atoms with van der Waals surface area (Å²) in [4.78, 5) is 33.4. The first kappa shape index (κ1) is 21.5. The number of likely N-dealkylation sites (tertiary alicyclic amines) is 1. The number of piperidine rings is 1. The van der Waals surface area contributed by atoms with E-state index in [1.54, 1.807) is 11.0 Å². The highest BCUT2D eigenvalue weighted by Gasteiger charge is 2.34. The maximum absolute atomic E-state index is 12.9. The number of carbonyl (C=O) groups is 1. The van der Waals surface area contributed by atoms with Crippen molar-refractivity contribution in [3.8, 4) is 5.88 Å². The predicted molar refractivity (Wildman–Crippen MR) is 115 cm³/mol. The van der Waals surface area contributed by atoms with Crippen LogP contribution in [0.5, 0.6) is 5.88 Å². The number of aryl methyl sites for hydroxylation is 3. The van der Waals surface area contributed by atoms with Crippen molar-refractivity contribution in [3.05, 3.63) is 38.9 Å². The van der Waals surface area contributed by atoms with E-state index in [0.717, 1.165) is 15.3 Å². The zero-order valence-corrected chi connectivity index (χ0v) is 18.7. The van der Waals surface area contributed by atoms with Gasteiger partial charge in [0.15, 0.2) is 0 Å². The van der Waals surface area contributed by atoms with E-state index in [0.29, 0.717) is 55.8 Å². The van der Waals surface area contributed by atoms with Gasteiger partial charge >= 0.3 is 0 Å². The van der Waals surface area contributed by atoms with Crippen molar-refractivity contribution in [1.29, 1.82) is 0 Å². The van der Waals surface area contributed by atoms with E-state index in [4.69, 9.17) is 9.26 Å². The molecule has 0 saturated carbocycles. The van der Waals surface area contributed by atoms with Gasteiger partial charge in [0.1, 0.15) is 10.6 Å². The summed E-state index contributed by atoms with van der Waals surface area (Å²) in [7, 11) is 1.51. The predicted octanol–water partition coefficient (Wildman–Crippen LogP) is 2.06. The van der Waals surface area contributed by atoms with E-state index < -0.39 is 5.60 Å². The number of aliphatic hydroxyl groups is 1. The largest absolute Gasteiger partial charge is 0.479 e. The average Bonchev–Trinajstić information content (AvgIpc) is 3.33. The van der Waals surface area contributed by atoms with Gasteiger partial charge in [0, 0.05) is 36.9 Å². The Kier molecular flexibility index (Phi) is 5.85. The molecule has 1 N–H and O–H groups in total. The molecule has 4 rings (SSSR count). The van der Waals surface area contributed by atoms with Crippen LogP contribution in [0.2, 0.25) is 0 Å². The third kappa shape index (κ3) is 4.35. The molecule has 0 atom stereocenters. The molecule has 9 nitrogen and oxygen atoms in total. The van der Waals surface area contributed by atoms with E-state index in [1.807, 2.05) is 13.8 Å². The maximum Gasteiger partial charge on any atom is 0.262 e. The number of rotatable bonds is 6. The third-order valence-corrected chi connectivity index (χ3v) is 7.11. The zero-order chi connectivity index (χ0) is 22.2. The quantitative estimate of drug-likeness (QED) is 0.617. The Morgan fingerprint density at radius 2 is 2.10 bits per heavy atom. The second-order valence-corrected chi connectivity index (χ2v) is 9.28. The smallest absolute Gasteiger partial charge is 0.262 e. The molecule has 1 aliphatic heterocycles. The van der Waals surface area contributed by atoms with Gasteiger partial charge in [-0.2, -0.15) is 0 Å². The average molecular weight is 447 g/mol. The summed E-state index contributed by atoms with van der Waals surface area (Å²) in [5.74, 6) is 0.989. The first-order valence-electron chi connectivity index (χ1n) is 10.2. The molecular formula is C21H26N4O5S. The molecule has 1 saturated heterocycles. The first-order valence-corrected chi connectivity index (χ1v) is 11.1. The SMILES string of the molecule is COc1cc(CCC(=O)N2CCC(O)(Cn3cnc4sc(C)c(C)c4c3=O)CC2)on1. The van der Waals surface area contributed by atoms with Gasteiger partial charge in [-0.05, 0) is 37.4 Å². The lowest BCUT2D eigenvalue weighted by Crippen LogP contribution is -2.49. The Hall–Kier alpha value is -2.72. The molecule has 3 aromatic rings. The number of carbonyl (C=O) groups excluding carboxylic acids is 1. The van der Waals surface area contributed by atoms with Crippen molar-refractivity contribution >= 4 is 27.5 Å². The molecule has 166 valence electrons. The van der Waals surface area contributed by atoms with Crippen LogP contribution in [-0.4, -0.2) is 56.4 Å². The van der Waals surface area contributed by atoms with E-state index in [2.05, 4.69) is 10.1 Å². The molecule has 31 heavy (non-hydrogen) atoms. The number of ether oxygens (including phenoxy) is 1. The summed E-state index contributed by atoms with van der Waals surface area (Å²) in [5.41, 5.74) is -0.224. The Bertz CT molecular complexity index is 1160. The zero-order valence-electron chi connectivity index (χ0n) is 17.9. The van der Waals surface area contributed by atoms with Gasteiger partial charge in [-0.15, -0.1) is 11.3 Å². The minimum atomic E-state index is -1.05. The van der Waals surface area contributed by atoms with Crippen LogP contribution in [0, 0.1) is 13.8 Å². The van der Waals surface area contributed by atoms with Crippen LogP contribution in [0.15, 0.2) is 21.7 Å². The lowest BCUT2D eigenvalue weighted by atomic mass is 9.91. The van der Waals surface area contributed by atoms with Crippen LogP contribution < -0.4 is 10.3 Å². The van der Waals surface area contributed by atoms with E-state index in [9.17, 15) is 14.7 Å². The molecule has 0 radical (unpaired) electrons. The van der Waals surface area contributed by atoms with Crippen LogP contribution in [-0.2, 0) is 17.8 Å². The summed E-state index contributed by atoms with van der Waals surface area (Å²) in [6.07, 6.45) is 3.06. The Morgan fingerprint density at radius 3 is 2.77 bits per heavy atom. The topological polar surface area (TPSA) is 111 Å². The molecule has 0 unspecified atom stereocenters. The highest BCUT2D eigenvalue weighted by atomic mass is 32.1. The van der Waals surface area contributed by atoms with Crippen LogP contribution in [0.1, 0.15) is 35.5 Å². The molecule has 1 aliphatic rings. The second kappa shape index (κ2) is 8.43. The molecular weight excluding hydrogens is 420 g/mol. The number of hydrogen-bond donors (Lipinski definition) is 1. The Labute approximate surface area is 183 Å². The molecule has 0 bridgehead atoms. The van der Waals surface area contributed by atoms with Gasteiger partial charge in [-0.3, -0.25) is 14.2 Å². The van der Waals surface area contributed by atoms with Crippen molar-refractivity contribution in [2.24, 2.45) is 0 Å². The fraction of sp³-hybridized carbons (Fsp3) is 0.524. The van der Waals surface area contributed by atoms with Crippen molar-refractivity contribution in [1.82, 2.24) is 19.6 Å². The van der Waals surface area contributed by atoms with Crippen molar-refractivity contribution in [3.63, 3.8) is 0 Å². The fourth-order valence-corrected chi connectivity index (χ4v) is 4.91. The van der Waals surface area contributed by atoms with Gasteiger partial charge in [-0.25, -0.2) is 4.98 Å². The van der Waals surface area contributed by atoms with Crippen LogP contribution in [0.3, 0.4) is 0 Å². The molecule has 10 heteroatoms. The van der Waals surface area contributed by atoms with Crippen LogP contribution in [0.25, 0.3) is 10.2 Å². The lowest BCUT2D eigenvalue weighted by Gasteiger charge is -2.38. The molecule has 0 aromatic carbocycles. The Balaban J connectivity index is 1.36. The number of aromatic nitrogens is 3. The number of hydrogen-bond acceptors (Lipinski definition) is 8. The number of fused-ring (bicyclic) bond motifs is 1. The van der Waals surface area contributed by atoms with Crippen molar-refractivity contribution in [2.75, 3.05) is 20.2 Å². The Morgan fingerprint density at radius 1 is 1.35 bits per heavy atom. The molecule has 4 heterocycles. The summed E-state index contributed by atoms with van der Waals surface area (Å²) in [6.45, 7) is 4.95. The van der Waals surface area contributed by atoms with Gasteiger partial charge in [0.25, 0.3) is 11.4 Å². The van der Waals surface area contributed by atoms with E-state index >= 15 is 0 Å². The number of methoxy groups -OCH3 is 1. The standard InChI is InChI=1S/C21H26N4O5S/c1-13-14(2)31-19-18(13)20(27)25(12-22-19)11-21(28)6-8-24(9-7-21)17(26)5-4-15-10-16(29-3)23-30-15/h10,12,28H,4-9,11H2,1-3H3. The summed E-state index contributed by atoms with van der Waals surface area (Å²) >= 11 is 1.51. The second-order valence-electron chi connectivity index (χ2n) is 8.08. The third-order valence-electron chi connectivity index (χ3n) is 6.00. The monoisotopic (exact) mass is 446 g/mol. The summed E-state index contributed by atoms with van der Waals surface area (Å²) < 4.78 is 11.6. The highest BCUT2D eigenvalue weighted by molar-refractivity contribution is 7.18. The van der Waals surface area contributed by atoms with E-state index in [1.165, 1.54) is 29.3 Å². The first-order chi connectivity index (χ1) is 14.8. The van der Waals surface area contributed by atoms with Gasteiger partial charge in [0.05, 0.1) is 31.0 Å². The number of nitrogens with zero attached hydrogens (tertiary/aromatic N) is 4. The summed E-state index contributed by atoms with van der Waals surface area (Å²) in [5, 5.41) is 15.4. The number of thiophene rings is 1. The maximum atomic E-state index is 12.9. The van der Waals surface area contributed by atoms with Gasteiger partial charge < -0.3 is 19.3 Å². The minimum absolute atomic E-state index is 0.00189.